The van der Waals surface area contributed by atoms with Crippen LogP contribution < -0.4 is 31.3 Å². The summed E-state index contributed by atoms with van der Waals surface area (Å²) >= 11 is -0.924. The summed E-state index contributed by atoms with van der Waals surface area (Å²) < 4.78 is 45.8. The molecule has 1 saturated carbocycles. The number of hydrogen-bond acceptors (Lipinski definition) is 7. The third kappa shape index (κ3) is 8.09. The van der Waals surface area contributed by atoms with Crippen LogP contribution in [0.5, 0.6) is 5.75 Å². The van der Waals surface area contributed by atoms with Crippen LogP contribution in [0, 0.1) is 9.49 Å². The van der Waals surface area contributed by atoms with Gasteiger partial charge in [-0.3, -0.25) is 0 Å². The second-order valence-corrected chi connectivity index (χ2v) is 16.0. The number of methoxy groups -OCH3 is 1. The van der Waals surface area contributed by atoms with Crippen molar-refractivity contribution >= 4 is 16.1 Å². The summed E-state index contributed by atoms with van der Waals surface area (Å²) in [5.41, 5.74) is -0.173. The summed E-state index contributed by atoms with van der Waals surface area (Å²) in [7, 11) is -2.39. The van der Waals surface area contributed by atoms with Crippen LogP contribution in [-0.2, 0) is 19.5 Å². The average Bonchev–Trinajstić information content (AvgIpc) is 3.56. The number of ether oxygens (including phenoxy) is 3. The number of alkyl halides is 1. The van der Waals surface area contributed by atoms with E-state index in [1.54, 1.807) is 12.1 Å². The van der Waals surface area contributed by atoms with Crippen LogP contribution in [0.3, 0.4) is 0 Å². The first-order valence-corrected chi connectivity index (χ1v) is 17.5. The van der Waals surface area contributed by atoms with Crippen LogP contribution in [0.25, 0.3) is 0 Å². The molecule has 1 spiro atoms. The van der Waals surface area contributed by atoms with E-state index in [2.05, 4.69) is 5.32 Å². The molecule has 9 nitrogen and oxygen atoms in total. The molecule has 2 fully saturated rings. The number of alkyl carbamates (subject to hydrolysis) is 1. The number of sulfonamides is 1. The van der Waals surface area contributed by atoms with E-state index in [0.717, 1.165) is 35.9 Å². The van der Waals surface area contributed by atoms with E-state index < -0.39 is 47.5 Å². The molecule has 1 saturated heterocycles. The van der Waals surface area contributed by atoms with Crippen molar-refractivity contribution in [2.75, 3.05) is 26.8 Å². The van der Waals surface area contributed by atoms with Gasteiger partial charge in [0, 0.05) is 0 Å². The van der Waals surface area contributed by atoms with Crippen LogP contribution in [0.4, 0.5) is 4.79 Å². The van der Waals surface area contributed by atoms with Gasteiger partial charge in [0.2, 0.25) is 0 Å². The third-order valence-corrected chi connectivity index (χ3v) is 12.3. The van der Waals surface area contributed by atoms with Crippen molar-refractivity contribution in [3.8, 4) is 5.75 Å². The van der Waals surface area contributed by atoms with Gasteiger partial charge in [0.25, 0.3) is 0 Å². The summed E-state index contributed by atoms with van der Waals surface area (Å²) in [6.45, 7) is 4.66. The Morgan fingerprint density at radius 2 is 1.88 bits per heavy atom. The van der Waals surface area contributed by atoms with Crippen LogP contribution in [0.2, 0.25) is 0 Å². The van der Waals surface area contributed by atoms with Crippen LogP contribution in [-0.4, -0.2) is 72.6 Å². The summed E-state index contributed by atoms with van der Waals surface area (Å²) in [5, 5.41) is 14.3. The first-order chi connectivity index (χ1) is 19.1. The quantitative estimate of drug-likeness (QED) is 0.193. The Hall–Kier alpha value is -1.93. The molecule has 1 amide bonds. The standard InChI is InChI=1S/C29H40IN2O7S/c1-21(2)19-32(40(35,36)25-12-10-23(37-3)11-13-25)20-26(33)27(30-22-8-5-4-6-9-22)31-28(34)39-24-14-16-29(18-24)15-7-17-38-29/h4-6,8-13,21,24,26-27,33H,7,14-20H2,1-3H3,(H,31,34)/q-1/t24-,26+,27+,29+/m0/s1. The number of rotatable bonds is 12. The maximum atomic E-state index is 13.6. The molecule has 0 radical (unpaired) electrons. The van der Waals surface area contributed by atoms with E-state index in [9.17, 15) is 18.3 Å². The van der Waals surface area contributed by atoms with Gasteiger partial charge in [-0.15, -0.1) is 0 Å². The Kier molecular flexibility index (Phi) is 10.7. The number of hydrogen-bond donors (Lipinski definition) is 2. The molecule has 4 rings (SSSR count). The third-order valence-electron chi connectivity index (χ3n) is 7.21. The van der Waals surface area contributed by atoms with Gasteiger partial charge in [-0.05, 0) is 0 Å². The average molecular weight is 688 g/mol. The molecule has 4 atom stereocenters. The van der Waals surface area contributed by atoms with Crippen molar-refractivity contribution < 1.29 is 53.7 Å². The van der Waals surface area contributed by atoms with Crippen molar-refractivity contribution in [3.63, 3.8) is 0 Å². The SMILES string of the molecule is COc1ccc(S(=O)(=O)N(CC(C)C)C[C@@H](O)[C@@H](NC(=O)O[C@H]2CC[C@]3(CCCO3)C2)[I-]c2ccccc2)cc1. The van der Waals surface area contributed by atoms with E-state index >= 15 is 0 Å². The Morgan fingerprint density at radius 3 is 2.50 bits per heavy atom. The van der Waals surface area contributed by atoms with Crippen molar-refractivity contribution in [1.29, 1.82) is 0 Å². The molecule has 1 aliphatic heterocycles. The number of nitrogens with zero attached hydrogens (tertiary/aromatic N) is 1. The van der Waals surface area contributed by atoms with Crippen molar-refractivity contribution in [1.82, 2.24) is 9.62 Å². The predicted molar refractivity (Wildman–Crippen MR) is 147 cm³/mol. The Labute approximate surface area is 247 Å². The molecular weight excluding hydrogens is 647 g/mol. The summed E-state index contributed by atoms with van der Waals surface area (Å²) in [6.07, 6.45) is 2.36. The molecule has 1 heterocycles. The first-order valence-electron chi connectivity index (χ1n) is 13.7. The first kappa shape index (κ1) is 31.0. The van der Waals surface area contributed by atoms with Crippen molar-refractivity contribution in [2.24, 2.45) is 5.92 Å². The molecule has 40 heavy (non-hydrogen) atoms. The van der Waals surface area contributed by atoms with Gasteiger partial charge in [-0.25, -0.2) is 0 Å². The van der Waals surface area contributed by atoms with Crippen LogP contribution in [0.15, 0.2) is 59.5 Å². The number of benzene rings is 2. The number of halogens is 1. The van der Waals surface area contributed by atoms with Crippen molar-refractivity contribution in [2.45, 2.75) is 72.7 Å². The molecule has 2 N–H and O–H groups in total. The van der Waals surface area contributed by atoms with Crippen molar-refractivity contribution in [3.05, 3.63) is 58.2 Å². The van der Waals surface area contributed by atoms with Gasteiger partial charge in [0.05, 0.1) is 0 Å². The van der Waals surface area contributed by atoms with Gasteiger partial charge < -0.3 is 0 Å². The molecular formula is C29H40IN2O7S-. The monoisotopic (exact) mass is 687 g/mol. The normalized spacial score (nSPS) is 22.6. The minimum absolute atomic E-state index is 0.0212. The fourth-order valence-electron chi connectivity index (χ4n) is 5.25. The Bertz CT molecular complexity index is 1200. The molecule has 222 valence electrons. The summed E-state index contributed by atoms with van der Waals surface area (Å²) in [5.74, 6) is 0.574. The minimum atomic E-state index is -3.91. The maximum absolute atomic E-state index is 13.6. The zero-order valence-electron chi connectivity index (χ0n) is 23.3. The molecule has 11 heteroatoms. The topological polar surface area (TPSA) is 114 Å². The van der Waals surface area contributed by atoms with Gasteiger partial charge in [0.15, 0.2) is 0 Å². The molecule has 2 aromatic carbocycles. The predicted octanol–water partition coefficient (Wildman–Crippen LogP) is 0.816. The Morgan fingerprint density at radius 1 is 1.15 bits per heavy atom. The van der Waals surface area contributed by atoms with Gasteiger partial charge in [-0.1, -0.05) is 0 Å². The molecule has 1 aliphatic carbocycles. The molecule has 0 aromatic heterocycles. The van der Waals surface area contributed by atoms with Gasteiger partial charge in [-0.2, -0.15) is 0 Å². The van der Waals surface area contributed by atoms with Gasteiger partial charge in [0.1, 0.15) is 0 Å². The number of aliphatic hydroxyl groups excluding tert-OH is 1. The zero-order chi connectivity index (χ0) is 28.8. The summed E-state index contributed by atoms with van der Waals surface area (Å²) in [4.78, 5) is 13.2. The fraction of sp³-hybridized carbons (Fsp3) is 0.552. The number of carbonyl (C=O) groups excluding carboxylic acids is 1. The molecule has 2 aromatic rings. The van der Waals surface area contributed by atoms with Crippen LogP contribution >= 0.6 is 0 Å². The van der Waals surface area contributed by atoms with E-state index in [1.165, 1.54) is 23.5 Å². The number of aliphatic hydroxyl groups is 1. The molecule has 0 unspecified atom stereocenters. The van der Waals surface area contributed by atoms with E-state index in [-0.39, 0.29) is 35.6 Å². The Balaban J connectivity index is 1.49. The van der Waals surface area contributed by atoms with Gasteiger partial charge >= 0.3 is 249 Å². The van der Waals surface area contributed by atoms with E-state index in [1.807, 2.05) is 44.2 Å². The molecule has 2 aliphatic rings. The second kappa shape index (κ2) is 13.8. The zero-order valence-corrected chi connectivity index (χ0v) is 26.3. The van der Waals surface area contributed by atoms with E-state index in [0.29, 0.717) is 12.2 Å². The number of nitrogens with one attached hydrogen (secondary N) is 1. The number of carbonyl (C=O) groups is 1. The number of amides is 1. The second-order valence-electron chi connectivity index (χ2n) is 10.8. The molecule has 0 bridgehead atoms. The van der Waals surface area contributed by atoms with Crippen LogP contribution in [0.1, 0.15) is 46.0 Å². The fourth-order valence-corrected chi connectivity index (χ4v) is 9.53. The summed E-state index contributed by atoms with van der Waals surface area (Å²) in [6, 6.07) is 15.8. The van der Waals surface area contributed by atoms with E-state index in [4.69, 9.17) is 14.2 Å².